The lowest BCUT2D eigenvalue weighted by atomic mass is 10.1. The molecule has 0 amide bonds. The molecule has 0 saturated heterocycles. The number of anilines is 1. The lowest BCUT2D eigenvalue weighted by Gasteiger charge is -2.27. The van der Waals surface area contributed by atoms with Crippen molar-refractivity contribution in [3.8, 4) is 0 Å². The van der Waals surface area contributed by atoms with Crippen molar-refractivity contribution in [3.05, 3.63) is 29.8 Å². The number of para-hydroxylation sites is 1. The number of hydrogen-bond acceptors (Lipinski definition) is 3. The fraction of sp³-hybridized carbons (Fsp3) is 0.600. The largest absolute Gasteiger partial charge is 0.380 e. The van der Waals surface area contributed by atoms with Crippen molar-refractivity contribution in [3.63, 3.8) is 0 Å². The van der Waals surface area contributed by atoms with E-state index in [9.17, 15) is 0 Å². The van der Waals surface area contributed by atoms with Gasteiger partial charge in [0.25, 0.3) is 0 Å². The van der Waals surface area contributed by atoms with Crippen molar-refractivity contribution in [2.24, 2.45) is 0 Å². The second kappa shape index (κ2) is 6.76. The summed E-state index contributed by atoms with van der Waals surface area (Å²) < 4.78 is 5.50. The Morgan fingerprint density at radius 2 is 2.17 bits per heavy atom. The van der Waals surface area contributed by atoms with E-state index in [-0.39, 0.29) is 0 Å². The summed E-state index contributed by atoms with van der Waals surface area (Å²) in [7, 11) is 0. The molecule has 1 aliphatic heterocycles. The van der Waals surface area contributed by atoms with Gasteiger partial charge in [0.2, 0.25) is 0 Å². The zero-order valence-corrected chi connectivity index (χ0v) is 11.5. The Balaban J connectivity index is 2.12. The lowest BCUT2D eigenvalue weighted by molar-refractivity contribution is 0.153. The molecule has 18 heavy (non-hydrogen) atoms. The van der Waals surface area contributed by atoms with Gasteiger partial charge in [-0.05, 0) is 25.0 Å². The second-order valence-corrected chi connectivity index (χ2v) is 4.76. The van der Waals surface area contributed by atoms with Crippen molar-refractivity contribution < 1.29 is 4.74 Å². The zero-order valence-electron chi connectivity index (χ0n) is 11.5. The van der Waals surface area contributed by atoms with Gasteiger partial charge >= 0.3 is 0 Å². The molecule has 1 unspecified atom stereocenters. The average Bonchev–Trinajstić information content (AvgIpc) is 2.59. The van der Waals surface area contributed by atoms with Gasteiger partial charge in [-0.2, -0.15) is 0 Å². The molecule has 1 N–H and O–H groups in total. The fourth-order valence-electron chi connectivity index (χ4n) is 2.46. The van der Waals surface area contributed by atoms with E-state index in [4.69, 9.17) is 4.74 Å². The highest BCUT2D eigenvalue weighted by Gasteiger charge is 2.19. The Morgan fingerprint density at radius 1 is 1.33 bits per heavy atom. The van der Waals surface area contributed by atoms with Crippen LogP contribution in [0.15, 0.2) is 24.3 Å². The van der Waals surface area contributed by atoms with Crippen LogP contribution < -0.4 is 10.2 Å². The molecule has 1 aromatic rings. The summed E-state index contributed by atoms with van der Waals surface area (Å²) in [6.45, 7) is 8.91. The maximum absolute atomic E-state index is 5.50. The van der Waals surface area contributed by atoms with E-state index in [1.54, 1.807) is 0 Å². The number of nitrogens with zero attached hydrogens (tertiary/aromatic N) is 1. The van der Waals surface area contributed by atoms with Gasteiger partial charge in [0.1, 0.15) is 0 Å². The van der Waals surface area contributed by atoms with Crippen molar-refractivity contribution in [2.45, 2.75) is 32.9 Å². The van der Waals surface area contributed by atoms with Crippen LogP contribution in [-0.2, 0) is 11.3 Å². The first-order chi connectivity index (χ1) is 8.85. The second-order valence-electron chi connectivity index (χ2n) is 4.76. The van der Waals surface area contributed by atoms with Gasteiger partial charge in [-0.25, -0.2) is 0 Å². The predicted octanol–water partition coefficient (Wildman–Crippen LogP) is 2.41. The summed E-state index contributed by atoms with van der Waals surface area (Å²) >= 11 is 0. The number of fused-ring (bicyclic) bond motifs is 1. The van der Waals surface area contributed by atoms with Crippen LogP contribution in [0.4, 0.5) is 5.69 Å². The quantitative estimate of drug-likeness (QED) is 0.810. The molecule has 3 nitrogen and oxygen atoms in total. The van der Waals surface area contributed by atoms with Crippen molar-refractivity contribution >= 4 is 5.69 Å². The van der Waals surface area contributed by atoms with E-state index in [2.05, 4.69) is 41.4 Å². The molecule has 0 spiro atoms. The molecule has 0 fully saturated rings. The van der Waals surface area contributed by atoms with Gasteiger partial charge in [-0.1, -0.05) is 25.1 Å². The molecule has 0 radical (unpaired) electrons. The number of ether oxygens (including phenoxy) is 1. The normalized spacial score (nSPS) is 19.4. The van der Waals surface area contributed by atoms with Crippen molar-refractivity contribution in [1.82, 2.24) is 5.32 Å². The van der Waals surface area contributed by atoms with E-state index in [0.29, 0.717) is 6.04 Å². The zero-order chi connectivity index (χ0) is 12.8. The SMILES string of the molecule is CCOCCN1CC(CC)NCc2ccccc21. The van der Waals surface area contributed by atoms with Crippen LogP contribution in [-0.4, -0.2) is 32.3 Å². The third kappa shape index (κ3) is 3.24. The number of rotatable bonds is 5. The van der Waals surface area contributed by atoms with Gasteiger partial charge in [-0.3, -0.25) is 0 Å². The molecule has 2 rings (SSSR count). The van der Waals surface area contributed by atoms with Gasteiger partial charge in [0.15, 0.2) is 0 Å². The van der Waals surface area contributed by atoms with Crippen LogP contribution in [0.1, 0.15) is 25.8 Å². The Bertz CT molecular complexity index is 367. The van der Waals surface area contributed by atoms with Crippen LogP contribution in [0.5, 0.6) is 0 Å². The van der Waals surface area contributed by atoms with E-state index >= 15 is 0 Å². The summed E-state index contributed by atoms with van der Waals surface area (Å²) in [5, 5.41) is 3.63. The number of benzene rings is 1. The molecule has 1 atom stereocenters. The smallest absolute Gasteiger partial charge is 0.0641 e. The van der Waals surface area contributed by atoms with Crippen LogP contribution in [0.2, 0.25) is 0 Å². The van der Waals surface area contributed by atoms with E-state index in [0.717, 1.165) is 32.8 Å². The summed E-state index contributed by atoms with van der Waals surface area (Å²) in [6, 6.07) is 9.25. The Morgan fingerprint density at radius 3 is 2.94 bits per heavy atom. The number of hydrogen-bond donors (Lipinski definition) is 1. The molecule has 0 saturated carbocycles. The molecule has 0 aromatic heterocycles. The Hall–Kier alpha value is -1.06. The highest BCUT2D eigenvalue weighted by molar-refractivity contribution is 5.54. The van der Waals surface area contributed by atoms with Crippen LogP contribution in [0.3, 0.4) is 0 Å². The maximum Gasteiger partial charge on any atom is 0.0641 e. The molecular weight excluding hydrogens is 224 g/mol. The Kier molecular flexibility index (Phi) is 5.02. The summed E-state index contributed by atoms with van der Waals surface area (Å²) in [6.07, 6.45) is 1.17. The first-order valence-electron chi connectivity index (χ1n) is 6.99. The standard InChI is InChI=1S/C15H24N2O/c1-3-14-12-17(9-10-18-4-2)15-8-6-5-7-13(15)11-16-14/h5-8,14,16H,3-4,9-12H2,1-2H3. The topological polar surface area (TPSA) is 24.5 Å². The Labute approximate surface area is 110 Å². The van der Waals surface area contributed by atoms with Crippen molar-refractivity contribution in [1.29, 1.82) is 0 Å². The molecule has 1 heterocycles. The van der Waals surface area contributed by atoms with Crippen LogP contribution >= 0.6 is 0 Å². The minimum atomic E-state index is 0.569. The molecule has 1 aromatic carbocycles. The molecule has 100 valence electrons. The first-order valence-corrected chi connectivity index (χ1v) is 6.99. The van der Waals surface area contributed by atoms with Gasteiger partial charge in [0, 0.05) is 38.0 Å². The lowest BCUT2D eigenvalue weighted by Crippen LogP contribution is -2.39. The highest BCUT2D eigenvalue weighted by atomic mass is 16.5. The maximum atomic E-state index is 5.50. The third-order valence-electron chi connectivity index (χ3n) is 3.56. The third-order valence-corrected chi connectivity index (χ3v) is 3.56. The highest BCUT2D eigenvalue weighted by Crippen LogP contribution is 2.23. The van der Waals surface area contributed by atoms with Crippen molar-refractivity contribution in [2.75, 3.05) is 31.2 Å². The van der Waals surface area contributed by atoms with Gasteiger partial charge in [0.05, 0.1) is 6.61 Å². The van der Waals surface area contributed by atoms with E-state index < -0.39 is 0 Å². The average molecular weight is 248 g/mol. The van der Waals surface area contributed by atoms with Gasteiger partial charge < -0.3 is 15.0 Å². The van der Waals surface area contributed by atoms with Crippen LogP contribution in [0.25, 0.3) is 0 Å². The first kappa shape index (κ1) is 13.4. The van der Waals surface area contributed by atoms with E-state index in [1.807, 2.05) is 6.92 Å². The molecule has 0 aliphatic carbocycles. The predicted molar refractivity (Wildman–Crippen MR) is 76.1 cm³/mol. The number of nitrogens with one attached hydrogen (secondary N) is 1. The van der Waals surface area contributed by atoms with E-state index in [1.165, 1.54) is 17.7 Å². The molecule has 0 bridgehead atoms. The summed E-state index contributed by atoms with van der Waals surface area (Å²) in [5.41, 5.74) is 2.76. The molecular formula is C15H24N2O. The summed E-state index contributed by atoms with van der Waals surface area (Å²) in [5.74, 6) is 0. The molecule has 1 aliphatic rings. The minimum Gasteiger partial charge on any atom is -0.380 e. The van der Waals surface area contributed by atoms with Crippen LogP contribution in [0, 0.1) is 0 Å². The molecule has 3 heteroatoms. The minimum absolute atomic E-state index is 0.569. The fourth-order valence-corrected chi connectivity index (χ4v) is 2.46. The van der Waals surface area contributed by atoms with Gasteiger partial charge in [-0.15, -0.1) is 0 Å². The summed E-state index contributed by atoms with van der Waals surface area (Å²) in [4.78, 5) is 2.46. The monoisotopic (exact) mass is 248 g/mol.